The largest absolute Gasteiger partial charge is 0.365 e. The van der Waals surface area contributed by atoms with Crippen molar-refractivity contribution in [2.75, 3.05) is 0 Å². The number of rotatable bonds is 3. The molecule has 0 saturated heterocycles. The van der Waals surface area contributed by atoms with Gasteiger partial charge in [-0.25, -0.2) is 15.1 Å². The van der Waals surface area contributed by atoms with Crippen LogP contribution in [0.25, 0.3) is 0 Å². The third-order valence-corrected chi connectivity index (χ3v) is 1.48. The van der Waals surface area contributed by atoms with Crippen molar-refractivity contribution >= 4 is 5.96 Å². The molecule has 1 aromatic carbocycles. The van der Waals surface area contributed by atoms with E-state index >= 15 is 0 Å². The minimum atomic E-state index is -0.746. The van der Waals surface area contributed by atoms with Gasteiger partial charge in [-0.1, -0.05) is 35.8 Å². The monoisotopic (exact) mass is 194 g/mol. The van der Waals surface area contributed by atoms with Crippen molar-refractivity contribution in [1.82, 2.24) is 5.43 Å². The van der Waals surface area contributed by atoms with Crippen molar-refractivity contribution < 1.29 is 5.03 Å². The maximum Gasteiger partial charge on any atom is 0.251 e. The van der Waals surface area contributed by atoms with Crippen LogP contribution in [0.15, 0.2) is 35.3 Å². The average molecular weight is 194 g/mol. The van der Waals surface area contributed by atoms with Gasteiger partial charge in [0.25, 0.3) is 5.96 Å². The summed E-state index contributed by atoms with van der Waals surface area (Å²) in [6.07, 6.45) is 0. The van der Waals surface area contributed by atoms with E-state index in [2.05, 4.69) is 4.99 Å². The molecule has 14 heavy (non-hydrogen) atoms. The molecule has 0 heterocycles. The molecule has 74 valence electrons. The Kier molecular flexibility index (Phi) is 3.42. The Bertz CT molecular complexity index is 336. The highest BCUT2D eigenvalue weighted by atomic mass is 16.7. The van der Waals surface area contributed by atoms with E-state index in [-0.39, 0.29) is 5.96 Å². The number of hydrogen-bond acceptors (Lipinski definition) is 3. The second-order valence-corrected chi connectivity index (χ2v) is 2.56. The Morgan fingerprint density at radius 1 is 1.50 bits per heavy atom. The molecule has 0 bridgehead atoms. The standard InChI is InChI=1S/C8H10N4O2/c9-8(11-12(13)14)10-6-7-4-2-1-3-5-7/h1-5H,6H2,(H3,9,10,11). The van der Waals surface area contributed by atoms with Gasteiger partial charge in [0.15, 0.2) is 5.03 Å². The van der Waals surface area contributed by atoms with Crippen molar-refractivity contribution in [2.45, 2.75) is 6.54 Å². The van der Waals surface area contributed by atoms with E-state index in [1.54, 1.807) is 5.43 Å². The predicted molar refractivity (Wildman–Crippen MR) is 51.9 cm³/mol. The van der Waals surface area contributed by atoms with E-state index in [4.69, 9.17) is 5.73 Å². The normalized spacial score (nSPS) is 11.0. The van der Waals surface area contributed by atoms with Crippen molar-refractivity contribution in [3.8, 4) is 0 Å². The number of nitrogens with two attached hydrogens (primary N) is 1. The van der Waals surface area contributed by atoms with Gasteiger partial charge in [-0.05, 0) is 5.56 Å². The summed E-state index contributed by atoms with van der Waals surface area (Å²) in [5.41, 5.74) is 7.93. The molecule has 6 nitrogen and oxygen atoms in total. The molecule has 1 rings (SSSR count). The van der Waals surface area contributed by atoms with Crippen LogP contribution < -0.4 is 11.2 Å². The zero-order valence-electron chi connectivity index (χ0n) is 7.38. The van der Waals surface area contributed by atoms with E-state index in [9.17, 15) is 10.1 Å². The number of hydrogen-bond donors (Lipinski definition) is 2. The lowest BCUT2D eigenvalue weighted by Gasteiger charge is -1.97. The molecule has 0 aliphatic rings. The van der Waals surface area contributed by atoms with Gasteiger partial charge in [0, 0.05) is 0 Å². The van der Waals surface area contributed by atoms with Crippen LogP contribution in [0.2, 0.25) is 0 Å². The lowest BCUT2D eigenvalue weighted by Crippen LogP contribution is -2.36. The van der Waals surface area contributed by atoms with Crippen LogP contribution >= 0.6 is 0 Å². The second kappa shape index (κ2) is 4.80. The SMILES string of the molecule is NC(=NCc1ccccc1)N[N+](=O)[O-]. The van der Waals surface area contributed by atoms with Gasteiger partial charge < -0.3 is 5.73 Å². The molecular formula is C8H10N4O2. The van der Waals surface area contributed by atoms with Crippen molar-refractivity contribution in [2.24, 2.45) is 10.7 Å². The molecule has 0 aliphatic carbocycles. The van der Waals surface area contributed by atoms with Gasteiger partial charge >= 0.3 is 0 Å². The van der Waals surface area contributed by atoms with E-state index in [0.29, 0.717) is 6.54 Å². The van der Waals surface area contributed by atoms with Crippen molar-refractivity contribution in [3.05, 3.63) is 46.0 Å². The zero-order chi connectivity index (χ0) is 10.4. The first-order valence-electron chi connectivity index (χ1n) is 3.93. The summed E-state index contributed by atoms with van der Waals surface area (Å²) in [4.78, 5) is 13.7. The minimum Gasteiger partial charge on any atom is -0.365 e. The average Bonchev–Trinajstić information content (AvgIpc) is 2.15. The molecule has 0 amide bonds. The number of nitrogens with one attached hydrogen (secondary N) is 1. The molecule has 0 unspecified atom stereocenters. The summed E-state index contributed by atoms with van der Waals surface area (Å²) in [6, 6.07) is 9.33. The quantitative estimate of drug-likeness (QED) is 0.313. The van der Waals surface area contributed by atoms with Crippen LogP contribution in [0.3, 0.4) is 0 Å². The maximum absolute atomic E-state index is 9.95. The highest BCUT2D eigenvalue weighted by molar-refractivity contribution is 5.76. The zero-order valence-corrected chi connectivity index (χ0v) is 7.38. The first-order chi connectivity index (χ1) is 6.68. The molecule has 0 atom stereocenters. The number of benzene rings is 1. The molecule has 0 saturated carbocycles. The molecule has 0 radical (unpaired) electrons. The van der Waals surface area contributed by atoms with Crippen LogP contribution in [0, 0.1) is 10.1 Å². The Morgan fingerprint density at radius 2 is 2.14 bits per heavy atom. The summed E-state index contributed by atoms with van der Waals surface area (Å²) in [5, 5.41) is 9.21. The predicted octanol–water partition coefficient (Wildman–Crippen LogP) is 0.283. The molecule has 0 fully saturated rings. The van der Waals surface area contributed by atoms with Gasteiger partial charge in [0.2, 0.25) is 0 Å². The van der Waals surface area contributed by atoms with Crippen molar-refractivity contribution in [1.29, 1.82) is 0 Å². The maximum atomic E-state index is 9.95. The molecule has 0 aromatic heterocycles. The Morgan fingerprint density at radius 3 is 2.71 bits per heavy atom. The number of hydrazine groups is 1. The molecule has 6 heteroatoms. The Balaban J connectivity index is 2.51. The van der Waals surface area contributed by atoms with Crippen LogP contribution in [0.5, 0.6) is 0 Å². The topological polar surface area (TPSA) is 93.5 Å². The number of guanidine groups is 1. The third-order valence-electron chi connectivity index (χ3n) is 1.48. The molecule has 3 N–H and O–H groups in total. The molecule has 0 aliphatic heterocycles. The summed E-state index contributed by atoms with van der Waals surface area (Å²) in [6.45, 7) is 0.327. The van der Waals surface area contributed by atoms with E-state index in [0.717, 1.165) is 5.56 Å². The van der Waals surface area contributed by atoms with Crippen LogP contribution in [0.4, 0.5) is 0 Å². The lowest BCUT2D eigenvalue weighted by molar-refractivity contribution is -0.525. The number of nitrogens with zero attached hydrogens (tertiary/aromatic N) is 2. The van der Waals surface area contributed by atoms with E-state index in [1.807, 2.05) is 30.3 Å². The van der Waals surface area contributed by atoms with E-state index < -0.39 is 5.03 Å². The lowest BCUT2D eigenvalue weighted by atomic mass is 10.2. The number of nitro groups is 1. The highest BCUT2D eigenvalue weighted by Gasteiger charge is 1.97. The van der Waals surface area contributed by atoms with Gasteiger partial charge in [0.1, 0.15) is 0 Å². The minimum absolute atomic E-state index is 0.196. The van der Waals surface area contributed by atoms with Gasteiger partial charge in [-0.15, -0.1) is 0 Å². The molecular weight excluding hydrogens is 184 g/mol. The fourth-order valence-electron chi connectivity index (χ4n) is 0.889. The summed E-state index contributed by atoms with van der Waals surface area (Å²) in [7, 11) is 0. The van der Waals surface area contributed by atoms with Gasteiger partial charge in [-0.3, -0.25) is 0 Å². The number of aliphatic imine (C=N–C) groups is 1. The van der Waals surface area contributed by atoms with E-state index in [1.165, 1.54) is 0 Å². The smallest absolute Gasteiger partial charge is 0.251 e. The van der Waals surface area contributed by atoms with Gasteiger partial charge in [0.05, 0.1) is 6.54 Å². The van der Waals surface area contributed by atoms with Gasteiger partial charge in [-0.2, -0.15) is 0 Å². The van der Waals surface area contributed by atoms with Crippen LogP contribution in [0.1, 0.15) is 5.56 Å². The highest BCUT2D eigenvalue weighted by Crippen LogP contribution is 1.99. The Labute approximate surface area is 80.6 Å². The second-order valence-electron chi connectivity index (χ2n) is 2.56. The summed E-state index contributed by atoms with van der Waals surface area (Å²) in [5.74, 6) is -0.196. The summed E-state index contributed by atoms with van der Waals surface area (Å²) >= 11 is 0. The first-order valence-corrected chi connectivity index (χ1v) is 3.93. The fourth-order valence-corrected chi connectivity index (χ4v) is 0.889. The molecule has 1 aromatic rings. The van der Waals surface area contributed by atoms with Crippen LogP contribution in [-0.2, 0) is 6.54 Å². The first kappa shape index (κ1) is 9.97. The third kappa shape index (κ3) is 3.53. The van der Waals surface area contributed by atoms with Crippen molar-refractivity contribution in [3.63, 3.8) is 0 Å². The molecule has 0 spiro atoms. The fraction of sp³-hybridized carbons (Fsp3) is 0.125. The van der Waals surface area contributed by atoms with Crippen LogP contribution in [-0.4, -0.2) is 11.0 Å². The Hall–Kier alpha value is -2.11. The summed E-state index contributed by atoms with van der Waals surface area (Å²) < 4.78 is 0.